The highest BCUT2D eigenvalue weighted by Gasteiger charge is 2.24. The first-order valence-corrected chi connectivity index (χ1v) is 6.23. The standard InChI is InChI=1S/C13H17F3N2/c14-10-6-5-9(12(15)13(10)16)11(18-17)7-8-3-1-2-4-8/h5-6,8,11,18H,1-4,7,17H2. The van der Waals surface area contributed by atoms with E-state index in [-0.39, 0.29) is 5.56 Å². The van der Waals surface area contributed by atoms with E-state index >= 15 is 0 Å². The SMILES string of the molecule is NNC(CC1CCCC1)c1ccc(F)c(F)c1F. The molecule has 0 aromatic heterocycles. The Morgan fingerprint density at radius 1 is 1.17 bits per heavy atom. The number of hydrogen-bond acceptors (Lipinski definition) is 2. The Kier molecular flexibility index (Phi) is 4.24. The second-order valence-electron chi connectivity index (χ2n) is 4.87. The Hall–Kier alpha value is -1.07. The van der Waals surface area contributed by atoms with Crippen LogP contribution in [0.15, 0.2) is 12.1 Å². The normalized spacial score (nSPS) is 18.2. The Balaban J connectivity index is 2.18. The van der Waals surface area contributed by atoms with Crippen molar-refractivity contribution in [3.63, 3.8) is 0 Å². The van der Waals surface area contributed by atoms with Gasteiger partial charge in [0.05, 0.1) is 0 Å². The molecule has 1 aliphatic carbocycles. The van der Waals surface area contributed by atoms with Gasteiger partial charge in [-0.15, -0.1) is 0 Å². The van der Waals surface area contributed by atoms with E-state index in [4.69, 9.17) is 5.84 Å². The van der Waals surface area contributed by atoms with Crippen molar-refractivity contribution in [3.05, 3.63) is 35.1 Å². The summed E-state index contributed by atoms with van der Waals surface area (Å²) in [6.45, 7) is 0. The van der Waals surface area contributed by atoms with Crippen LogP contribution in [0.3, 0.4) is 0 Å². The molecule has 0 heterocycles. The summed E-state index contributed by atoms with van der Waals surface area (Å²) < 4.78 is 39.7. The highest BCUT2D eigenvalue weighted by Crippen LogP contribution is 2.33. The lowest BCUT2D eigenvalue weighted by Crippen LogP contribution is -2.30. The van der Waals surface area contributed by atoms with Crippen LogP contribution >= 0.6 is 0 Å². The van der Waals surface area contributed by atoms with Crippen LogP contribution in [0.4, 0.5) is 13.2 Å². The van der Waals surface area contributed by atoms with E-state index in [1.165, 1.54) is 18.9 Å². The van der Waals surface area contributed by atoms with E-state index in [0.717, 1.165) is 18.9 Å². The molecule has 1 aromatic rings. The average molecular weight is 258 g/mol. The molecule has 5 heteroatoms. The predicted octanol–water partition coefficient (Wildman–Crippen LogP) is 3.19. The number of benzene rings is 1. The molecular weight excluding hydrogens is 241 g/mol. The van der Waals surface area contributed by atoms with Gasteiger partial charge in [-0.1, -0.05) is 31.7 Å². The molecule has 0 bridgehead atoms. The van der Waals surface area contributed by atoms with Crippen LogP contribution in [0, 0.1) is 23.4 Å². The van der Waals surface area contributed by atoms with Crippen molar-refractivity contribution >= 4 is 0 Å². The number of nitrogens with two attached hydrogens (primary N) is 1. The first-order chi connectivity index (χ1) is 8.63. The zero-order valence-electron chi connectivity index (χ0n) is 10.1. The van der Waals surface area contributed by atoms with Crippen molar-refractivity contribution < 1.29 is 13.2 Å². The maximum absolute atomic E-state index is 13.7. The van der Waals surface area contributed by atoms with Gasteiger partial charge in [-0.25, -0.2) is 13.2 Å². The first-order valence-electron chi connectivity index (χ1n) is 6.23. The maximum Gasteiger partial charge on any atom is 0.194 e. The van der Waals surface area contributed by atoms with Gasteiger partial charge < -0.3 is 0 Å². The molecule has 1 aliphatic rings. The van der Waals surface area contributed by atoms with Crippen molar-refractivity contribution in [2.75, 3.05) is 0 Å². The molecule has 0 amide bonds. The zero-order chi connectivity index (χ0) is 13.1. The molecule has 1 aromatic carbocycles. The summed E-state index contributed by atoms with van der Waals surface area (Å²) in [5.74, 6) is 2.13. The van der Waals surface area contributed by atoms with Crippen molar-refractivity contribution in [1.82, 2.24) is 5.43 Å². The van der Waals surface area contributed by atoms with Gasteiger partial charge in [-0.2, -0.15) is 0 Å². The second-order valence-corrected chi connectivity index (χ2v) is 4.87. The minimum absolute atomic E-state index is 0.100. The largest absolute Gasteiger partial charge is 0.271 e. The molecule has 0 saturated heterocycles. The molecule has 1 unspecified atom stereocenters. The van der Waals surface area contributed by atoms with E-state index in [9.17, 15) is 13.2 Å². The summed E-state index contributed by atoms with van der Waals surface area (Å²) in [4.78, 5) is 0. The average Bonchev–Trinajstić information content (AvgIpc) is 2.87. The predicted molar refractivity (Wildman–Crippen MR) is 63.0 cm³/mol. The van der Waals surface area contributed by atoms with Crippen LogP contribution in [-0.4, -0.2) is 0 Å². The minimum Gasteiger partial charge on any atom is -0.271 e. The van der Waals surface area contributed by atoms with Gasteiger partial charge in [0, 0.05) is 11.6 Å². The number of nitrogens with one attached hydrogen (secondary N) is 1. The number of halogens is 3. The molecule has 3 N–H and O–H groups in total. The van der Waals surface area contributed by atoms with Crippen LogP contribution in [0.25, 0.3) is 0 Å². The zero-order valence-corrected chi connectivity index (χ0v) is 10.1. The highest BCUT2D eigenvalue weighted by molar-refractivity contribution is 5.23. The van der Waals surface area contributed by atoms with E-state index in [2.05, 4.69) is 5.43 Å². The molecule has 2 nitrogen and oxygen atoms in total. The van der Waals surface area contributed by atoms with Gasteiger partial charge in [-0.05, 0) is 18.4 Å². The van der Waals surface area contributed by atoms with E-state index in [0.29, 0.717) is 12.3 Å². The van der Waals surface area contributed by atoms with Crippen molar-refractivity contribution in [2.24, 2.45) is 11.8 Å². The van der Waals surface area contributed by atoms with E-state index < -0.39 is 23.5 Å². The van der Waals surface area contributed by atoms with Gasteiger partial charge in [-0.3, -0.25) is 11.3 Å². The quantitative estimate of drug-likeness (QED) is 0.494. The van der Waals surface area contributed by atoms with Crippen LogP contribution in [-0.2, 0) is 0 Å². The lowest BCUT2D eigenvalue weighted by atomic mass is 9.93. The van der Waals surface area contributed by atoms with Crippen molar-refractivity contribution in [3.8, 4) is 0 Å². The summed E-state index contributed by atoms with van der Waals surface area (Å²) in [5, 5.41) is 0. The minimum atomic E-state index is -1.43. The fourth-order valence-corrected chi connectivity index (χ4v) is 2.67. The topological polar surface area (TPSA) is 38.0 Å². The number of hydrogen-bond donors (Lipinski definition) is 2. The molecule has 1 atom stereocenters. The lowest BCUT2D eigenvalue weighted by Gasteiger charge is -2.20. The summed E-state index contributed by atoms with van der Waals surface area (Å²) in [7, 11) is 0. The fraction of sp³-hybridized carbons (Fsp3) is 0.538. The molecule has 0 radical (unpaired) electrons. The van der Waals surface area contributed by atoms with E-state index in [1.54, 1.807) is 0 Å². The van der Waals surface area contributed by atoms with Crippen LogP contribution in [0.2, 0.25) is 0 Å². The molecular formula is C13H17F3N2. The van der Waals surface area contributed by atoms with Crippen LogP contribution < -0.4 is 11.3 Å². The van der Waals surface area contributed by atoms with Crippen molar-refractivity contribution in [1.29, 1.82) is 0 Å². The van der Waals surface area contributed by atoms with Gasteiger partial charge in [0.25, 0.3) is 0 Å². The summed E-state index contributed by atoms with van der Waals surface area (Å²) in [6.07, 6.45) is 5.16. The molecule has 0 aliphatic heterocycles. The molecule has 1 saturated carbocycles. The second kappa shape index (κ2) is 5.71. The Bertz CT molecular complexity index is 417. The molecule has 1 fully saturated rings. The molecule has 0 spiro atoms. The lowest BCUT2D eigenvalue weighted by molar-refractivity contribution is 0.376. The molecule has 100 valence electrons. The Labute approximate surface area is 104 Å². The van der Waals surface area contributed by atoms with E-state index in [1.807, 2.05) is 0 Å². The van der Waals surface area contributed by atoms with Crippen molar-refractivity contribution in [2.45, 2.75) is 38.1 Å². The third-order valence-electron chi connectivity index (χ3n) is 3.69. The fourth-order valence-electron chi connectivity index (χ4n) is 2.67. The van der Waals surface area contributed by atoms with Crippen LogP contribution in [0.5, 0.6) is 0 Å². The maximum atomic E-state index is 13.7. The smallest absolute Gasteiger partial charge is 0.194 e. The van der Waals surface area contributed by atoms with Crippen LogP contribution in [0.1, 0.15) is 43.7 Å². The third-order valence-corrected chi connectivity index (χ3v) is 3.69. The Morgan fingerprint density at radius 3 is 2.44 bits per heavy atom. The van der Waals surface area contributed by atoms with Gasteiger partial charge in [0.2, 0.25) is 0 Å². The molecule has 18 heavy (non-hydrogen) atoms. The van der Waals surface area contributed by atoms with Gasteiger partial charge in [0.1, 0.15) is 0 Å². The number of hydrazine groups is 1. The number of rotatable bonds is 4. The Morgan fingerprint density at radius 2 is 1.83 bits per heavy atom. The highest BCUT2D eigenvalue weighted by atomic mass is 19.2. The third kappa shape index (κ3) is 2.67. The summed E-state index contributed by atoms with van der Waals surface area (Å²) in [5.41, 5.74) is 2.60. The summed E-state index contributed by atoms with van der Waals surface area (Å²) in [6, 6.07) is 1.73. The van der Waals surface area contributed by atoms with Gasteiger partial charge >= 0.3 is 0 Å². The first kappa shape index (κ1) is 13.4. The summed E-state index contributed by atoms with van der Waals surface area (Å²) >= 11 is 0. The van der Waals surface area contributed by atoms with Gasteiger partial charge in [0.15, 0.2) is 17.5 Å². The molecule has 2 rings (SSSR count). The monoisotopic (exact) mass is 258 g/mol.